The number of unbranched alkanes of at least 4 members (excludes halogenated alkanes) is 1. The minimum absolute atomic E-state index is 0.0696. The van der Waals surface area contributed by atoms with Gasteiger partial charge in [0.05, 0.1) is 6.26 Å². The fourth-order valence-corrected chi connectivity index (χ4v) is 0.893. The van der Waals surface area contributed by atoms with Gasteiger partial charge in [-0.05, 0) is 25.8 Å². The van der Waals surface area contributed by atoms with Crippen molar-refractivity contribution >= 4 is 11.9 Å². The Morgan fingerprint density at radius 1 is 1.44 bits per heavy atom. The van der Waals surface area contributed by atoms with E-state index in [1.54, 1.807) is 13.0 Å². The standard InChI is InChI=1S/C12H16O4/c1-3-10(2)8-9-16-12(15)7-5-4-6-11(13)14/h1,8-10H,4-7H2,2H3,(H,13,14). The molecule has 4 nitrogen and oxygen atoms in total. The van der Waals surface area contributed by atoms with E-state index >= 15 is 0 Å². The van der Waals surface area contributed by atoms with Crippen LogP contribution in [0.2, 0.25) is 0 Å². The fraction of sp³-hybridized carbons (Fsp3) is 0.500. The SMILES string of the molecule is C#CC(C)C=COC(=O)CCCCC(=O)O. The highest BCUT2D eigenvalue weighted by molar-refractivity contribution is 5.70. The highest BCUT2D eigenvalue weighted by Gasteiger charge is 2.02. The maximum atomic E-state index is 11.1. The van der Waals surface area contributed by atoms with E-state index < -0.39 is 5.97 Å². The first kappa shape index (κ1) is 14.2. The predicted octanol–water partition coefficient (Wildman–Crippen LogP) is 1.96. The van der Waals surface area contributed by atoms with Crippen LogP contribution < -0.4 is 0 Å². The van der Waals surface area contributed by atoms with Crippen molar-refractivity contribution in [3.63, 3.8) is 0 Å². The van der Waals surface area contributed by atoms with Crippen molar-refractivity contribution in [3.8, 4) is 12.3 Å². The molecule has 0 radical (unpaired) electrons. The number of ether oxygens (including phenoxy) is 1. The first-order valence-electron chi connectivity index (χ1n) is 5.10. The summed E-state index contributed by atoms with van der Waals surface area (Å²) in [6, 6.07) is 0. The minimum atomic E-state index is -0.851. The Labute approximate surface area is 95.3 Å². The second-order valence-electron chi connectivity index (χ2n) is 3.37. The Morgan fingerprint density at radius 2 is 2.06 bits per heavy atom. The van der Waals surface area contributed by atoms with Crippen molar-refractivity contribution in [2.75, 3.05) is 0 Å². The Hall–Kier alpha value is -1.76. The van der Waals surface area contributed by atoms with Crippen LogP contribution in [0.25, 0.3) is 0 Å². The Bertz CT molecular complexity index is 299. The predicted molar refractivity (Wildman–Crippen MR) is 59.3 cm³/mol. The van der Waals surface area contributed by atoms with E-state index in [0.717, 1.165) is 0 Å². The number of allylic oxidation sites excluding steroid dienone is 1. The summed E-state index contributed by atoms with van der Waals surface area (Å²) in [4.78, 5) is 21.3. The van der Waals surface area contributed by atoms with Crippen LogP contribution in [0.4, 0.5) is 0 Å². The summed E-state index contributed by atoms with van der Waals surface area (Å²) < 4.78 is 4.76. The van der Waals surface area contributed by atoms with E-state index in [0.29, 0.717) is 12.8 Å². The quantitative estimate of drug-likeness (QED) is 0.311. The maximum Gasteiger partial charge on any atom is 0.310 e. The average molecular weight is 224 g/mol. The van der Waals surface area contributed by atoms with Crippen LogP contribution >= 0.6 is 0 Å². The van der Waals surface area contributed by atoms with Gasteiger partial charge in [0.15, 0.2) is 0 Å². The summed E-state index contributed by atoms with van der Waals surface area (Å²) in [7, 11) is 0. The number of hydrogen-bond acceptors (Lipinski definition) is 3. The zero-order chi connectivity index (χ0) is 12.4. The number of carbonyl (C=O) groups is 2. The second kappa shape index (κ2) is 8.54. The molecule has 0 aliphatic carbocycles. The number of carboxylic acids is 1. The van der Waals surface area contributed by atoms with Crippen LogP contribution in [0, 0.1) is 18.3 Å². The molecular weight excluding hydrogens is 208 g/mol. The number of carbonyl (C=O) groups excluding carboxylic acids is 1. The van der Waals surface area contributed by atoms with E-state index in [1.807, 2.05) is 0 Å². The summed E-state index contributed by atoms with van der Waals surface area (Å²) in [5, 5.41) is 8.36. The zero-order valence-electron chi connectivity index (χ0n) is 9.31. The van der Waals surface area contributed by atoms with Crippen molar-refractivity contribution < 1.29 is 19.4 Å². The first-order chi connectivity index (χ1) is 7.56. The topological polar surface area (TPSA) is 63.6 Å². The number of aliphatic carboxylic acids is 1. The van der Waals surface area contributed by atoms with Crippen molar-refractivity contribution in [2.24, 2.45) is 5.92 Å². The molecule has 0 saturated carbocycles. The van der Waals surface area contributed by atoms with Gasteiger partial charge in [0.1, 0.15) is 0 Å². The lowest BCUT2D eigenvalue weighted by Crippen LogP contribution is -2.01. The summed E-state index contributed by atoms with van der Waals surface area (Å²) >= 11 is 0. The molecule has 88 valence electrons. The van der Waals surface area contributed by atoms with Crippen molar-refractivity contribution in [1.82, 2.24) is 0 Å². The highest BCUT2D eigenvalue weighted by Crippen LogP contribution is 2.02. The molecule has 1 N–H and O–H groups in total. The normalized spacial score (nSPS) is 12.0. The van der Waals surface area contributed by atoms with E-state index in [1.165, 1.54) is 6.26 Å². The van der Waals surface area contributed by atoms with Gasteiger partial charge in [-0.3, -0.25) is 9.59 Å². The van der Waals surface area contributed by atoms with Gasteiger partial charge in [-0.1, -0.05) is 5.92 Å². The van der Waals surface area contributed by atoms with E-state index in [2.05, 4.69) is 5.92 Å². The molecular formula is C12H16O4. The molecule has 1 atom stereocenters. The smallest absolute Gasteiger partial charge is 0.310 e. The lowest BCUT2D eigenvalue weighted by Gasteiger charge is -1.99. The Morgan fingerprint density at radius 3 is 2.62 bits per heavy atom. The van der Waals surface area contributed by atoms with E-state index in [-0.39, 0.29) is 24.7 Å². The molecule has 16 heavy (non-hydrogen) atoms. The Balaban J connectivity index is 3.56. The van der Waals surface area contributed by atoms with E-state index in [4.69, 9.17) is 16.3 Å². The van der Waals surface area contributed by atoms with Crippen molar-refractivity contribution in [1.29, 1.82) is 0 Å². The summed E-state index contributed by atoms with van der Waals surface area (Å²) in [6.45, 7) is 1.80. The molecule has 1 unspecified atom stereocenters. The molecule has 0 fully saturated rings. The molecule has 0 aromatic rings. The van der Waals surface area contributed by atoms with E-state index in [9.17, 15) is 9.59 Å². The van der Waals surface area contributed by atoms with Crippen molar-refractivity contribution in [2.45, 2.75) is 32.6 Å². The van der Waals surface area contributed by atoms with Gasteiger partial charge in [0.25, 0.3) is 0 Å². The molecule has 0 aliphatic rings. The number of terminal acetylenes is 1. The number of rotatable bonds is 7. The molecule has 0 bridgehead atoms. The maximum absolute atomic E-state index is 11.1. The van der Waals surface area contributed by atoms with Crippen LogP contribution in [-0.2, 0) is 14.3 Å². The van der Waals surface area contributed by atoms with Crippen LogP contribution in [0.15, 0.2) is 12.3 Å². The summed E-state index contributed by atoms with van der Waals surface area (Å²) in [5.74, 6) is 1.17. The molecule has 0 saturated heterocycles. The zero-order valence-corrected chi connectivity index (χ0v) is 9.31. The number of hydrogen-bond donors (Lipinski definition) is 1. The van der Waals surface area contributed by atoms with Gasteiger partial charge in [-0.2, -0.15) is 0 Å². The summed E-state index contributed by atoms with van der Waals surface area (Å²) in [5.41, 5.74) is 0. The molecule has 4 heteroatoms. The third-order valence-corrected chi connectivity index (χ3v) is 1.85. The van der Waals surface area contributed by atoms with Gasteiger partial charge in [-0.25, -0.2) is 0 Å². The molecule has 0 spiro atoms. The molecule has 0 aromatic carbocycles. The monoisotopic (exact) mass is 224 g/mol. The molecule has 0 aromatic heterocycles. The van der Waals surface area contributed by atoms with Crippen molar-refractivity contribution in [3.05, 3.63) is 12.3 Å². The molecule has 0 rings (SSSR count). The lowest BCUT2D eigenvalue weighted by molar-refractivity contribution is -0.139. The number of esters is 1. The summed E-state index contributed by atoms with van der Waals surface area (Å²) in [6.07, 6.45) is 9.31. The van der Waals surface area contributed by atoms with Gasteiger partial charge >= 0.3 is 11.9 Å². The first-order valence-corrected chi connectivity index (χ1v) is 5.10. The molecule has 0 amide bonds. The van der Waals surface area contributed by atoms with Gasteiger partial charge in [0, 0.05) is 18.8 Å². The second-order valence-corrected chi connectivity index (χ2v) is 3.37. The third-order valence-electron chi connectivity index (χ3n) is 1.85. The minimum Gasteiger partial charge on any atom is -0.481 e. The highest BCUT2D eigenvalue weighted by atomic mass is 16.5. The van der Waals surface area contributed by atoms with Gasteiger partial charge in [0.2, 0.25) is 0 Å². The van der Waals surface area contributed by atoms with Gasteiger partial charge in [-0.15, -0.1) is 6.42 Å². The average Bonchev–Trinajstić information content (AvgIpc) is 2.24. The van der Waals surface area contributed by atoms with Crippen LogP contribution in [0.3, 0.4) is 0 Å². The van der Waals surface area contributed by atoms with Crippen LogP contribution in [0.5, 0.6) is 0 Å². The lowest BCUT2D eigenvalue weighted by atomic mass is 10.2. The fourth-order valence-electron chi connectivity index (χ4n) is 0.893. The molecule has 0 heterocycles. The van der Waals surface area contributed by atoms with Gasteiger partial charge < -0.3 is 9.84 Å². The Kier molecular flexibility index (Phi) is 7.60. The number of carboxylic acid groups (broad SMARTS) is 1. The van der Waals surface area contributed by atoms with Crippen LogP contribution in [-0.4, -0.2) is 17.0 Å². The van der Waals surface area contributed by atoms with Crippen LogP contribution in [0.1, 0.15) is 32.6 Å². The molecule has 0 aliphatic heterocycles. The largest absolute Gasteiger partial charge is 0.481 e. The third kappa shape index (κ3) is 8.82.